The highest BCUT2D eigenvalue weighted by molar-refractivity contribution is 6.40. The van der Waals surface area contributed by atoms with E-state index in [2.05, 4.69) is 15.0 Å². The highest BCUT2D eigenvalue weighted by Crippen LogP contribution is 2.38. The van der Waals surface area contributed by atoms with Crippen molar-refractivity contribution in [3.63, 3.8) is 0 Å². The van der Waals surface area contributed by atoms with Crippen LogP contribution in [-0.2, 0) is 0 Å². The van der Waals surface area contributed by atoms with Crippen LogP contribution >= 0.6 is 0 Å². The second-order valence-corrected chi connectivity index (χ2v) is 9.14. The van der Waals surface area contributed by atoms with Crippen LogP contribution in [0, 0.1) is 0 Å². The number of benzene rings is 3. The molecule has 0 amide bonds. The number of aromatic nitrogens is 3. The summed E-state index contributed by atoms with van der Waals surface area (Å²) >= 11 is 0. The Morgan fingerprint density at radius 3 is 1.02 bits per heavy atom. The summed E-state index contributed by atoms with van der Waals surface area (Å²) < 4.78 is 17.4. The number of pyridine rings is 3. The van der Waals surface area contributed by atoms with Gasteiger partial charge in [0.2, 0.25) is 0 Å². The Morgan fingerprint density at radius 1 is 0.465 bits per heavy atom. The first-order chi connectivity index (χ1) is 20.5. The highest BCUT2D eigenvalue weighted by Gasteiger charge is 2.35. The number of fused-ring (bicyclic) bond motifs is 3. The normalized spacial score (nSPS) is 11.2. The molecule has 0 atom stereocenters. The molecule has 3 heterocycles. The lowest BCUT2D eigenvalue weighted by molar-refractivity contribution is 0.295. The van der Waals surface area contributed by atoms with Crippen LogP contribution in [0.5, 0.6) is 52.1 Å². The summed E-state index contributed by atoms with van der Waals surface area (Å²) in [5, 5.41) is 60.9. The molecule has 16 heteroatoms. The maximum Gasteiger partial charge on any atom is 0.867 e. The van der Waals surface area contributed by atoms with E-state index in [0.29, 0.717) is 0 Å². The van der Waals surface area contributed by atoms with Crippen molar-refractivity contribution in [2.75, 3.05) is 0 Å². The van der Waals surface area contributed by atoms with Crippen molar-refractivity contribution >= 4 is 39.6 Å². The zero-order chi connectivity index (χ0) is 30.6. The molecule has 0 saturated carbocycles. The molecule has 0 saturated heterocycles. The number of phenolic OH excluding ortho intramolecular Hbond substituents is 3. The van der Waals surface area contributed by atoms with Gasteiger partial charge < -0.3 is 44.6 Å². The topological polar surface area (TPSA) is 248 Å². The number of hydrogen-bond acceptors (Lipinski definition) is 12. The molecule has 0 spiro atoms. The number of aromatic hydroxyl groups is 6. The second-order valence-electron chi connectivity index (χ2n) is 9.14. The lowest BCUT2D eigenvalue weighted by Gasteiger charge is -2.19. The van der Waals surface area contributed by atoms with Gasteiger partial charge in [0.15, 0.2) is 34.9 Å². The molecular weight excluding hydrogens is 569 g/mol. The predicted molar refractivity (Wildman–Crippen MR) is 151 cm³/mol. The monoisotopic (exact) mass is 587 g/mol. The molecule has 6 rings (SSSR count). The van der Waals surface area contributed by atoms with Gasteiger partial charge in [-0.15, -0.1) is 0 Å². The summed E-state index contributed by atoms with van der Waals surface area (Å²) in [6, 6.07) is 12.0. The minimum atomic E-state index is -2.04. The molecule has 0 bridgehead atoms. The van der Waals surface area contributed by atoms with Crippen LogP contribution in [0.25, 0.3) is 32.3 Å². The van der Waals surface area contributed by atoms with Crippen LogP contribution in [0.15, 0.2) is 69.0 Å². The molecule has 3 aromatic carbocycles. The Balaban J connectivity index is 1.55. The van der Waals surface area contributed by atoms with E-state index >= 15 is 0 Å². The van der Waals surface area contributed by atoms with Crippen molar-refractivity contribution in [3.8, 4) is 52.1 Å². The Kier molecular flexibility index (Phi) is 6.15. The fourth-order valence-corrected chi connectivity index (χ4v) is 4.60. The summed E-state index contributed by atoms with van der Waals surface area (Å²) in [7, 11) is -2.04. The smallest absolute Gasteiger partial charge is 0.507 e. The minimum Gasteiger partial charge on any atom is -0.507 e. The third-order valence-electron chi connectivity index (χ3n) is 6.54. The molecule has 9 N–H and O–H groups in total. The summed E-state index contributed by atoms with van der Waals surface area (Å²) in [5.41, 5.74) is -3.20. The molecule has 0 aliphatic heterocycles. The Morgan fingerprint density at radius 2 is 0.744 bits per heavy atom. The van der Waals surface area contributed by atoms with Gasteiger partial charge in [-0.05, 0) is 36.4 Å². The van der Waals surface area contributed by atoms with E-state index in [1.54, 1.807) is 0 Å². The molecule has 15 nitrogen and oxygen atoms in total. The first-order valence-corrected chi connectivity index (χ1v) is 12.3. The predicted octanol–water partition coefficient (Wildman–Crippen LogP) is 1.97. The Hall–Kier alpha value is -6.45. The second kappa shape index (κ2) is 9.88. The molecule has 3 aromatic heterocycles. The van der Waals surface area contributed by atoms with Crippen LogP contribution in [0.1, 0.15) is 0 Å². The average Bonchev–Trinajstić information content (AvgIpc) is 2.96. The lowest BCUT2D eigenvalue weighted by Crippen LogP contribution is -2.39. The van der Waals surface area contributed by atoms with Crippen LogP contribution in [0.2, 0.25) is 0 Å². The fraction of sp³-hybridized carbons (Fsp3) is 0. The van der Waals surface area contributed by atoms with Crippen LogP contribution in [0.3, 0.4) is 0 Å². The van der Waals surface area contributed by atoms with E-state index in [0.717, 1.165) is 0 Å². The zero-order valence-electron chi connectivity index (χ0n) is 21.4. The molecular formula is C27H18BN3O12. The van der Waals surface area contributed by atoms with Gasteiger partial charge >= 0.3 is 7.32 Å². The minimum absolute atomic E-state index is 0.0160. The van der Waals surface area contributed by atoms with Crippen LogP contribution < -0.4 is 30.6 Å². The summed E-state index contributed by atoms with van der Waals surface area (Å²) in [4.78, 5) is 44.4. The SMILES string of the molecule is O=c1[nH]c(OB(Oc2[nH]c(=O)c(O)c3c(O)cccc23)Oc2[nH]c(=O)c(O)c3c(O)cccc23)c2cccc(O)c2c1O. The van der Waals surface area contributed by atoms with E-state index in [4.69, 9.17) is 14.0 Å². The van der Waals surface area contributed by atoms with Gasteiger partial charge in [0.25, 0.3) is 16.7 Å². The number of rotatable bonds is 6. The molecule has 0 aliphatic carbocycles. The molecule has 6 aromatic rings. The molecule has 0 fully saturated rings. The number of nitrogens with one attached hydrogen (secondary N) is 3. The first-order valence-electron chi connectivity index (χ1n) is 12.3. The van der Waals surface area contributed by atoms with Gasteiger partial charge in [-0.1, -0.05) is 18.2 Å². The molecule has 0 aliphatic rings. The quantitative estimate of drug-likeness (QED) is 0.127. The van der Waals surface area contributed by atoms with E-state index in [1.165, 1.54) is 54.6 Å². The summed E-state index contributed by atoms with van der Waals surface area (Å²) in [6.07, 6.45) is 0. The largest absolute Gasteiger partial charge is 0.867 e. The van der Waals surface area contributed by atoms with Crippen molar-refractivity contribution in [2.45, 2.75) is 0 Å². The van der Waals surface area contributed by atoms with Crippen molar-refractivity contribution in [1.29, 1.82) is 0 Å². The van der Waals surface area contributed by atoms with E-state index in [9.17, 15) is 45.0 Å². The van der Waals surface area contributed by atoms with Gasteiger partial charge in [0.05, 0.1) is 16.2 Å². The van der Waals surface area contributed by atoms with Crippen molar-refractivity contribution in [1.82, 2.24) is 15.0 Å². The molecule has 43 heavy (non-hydrogen) atoms. The maximum absolute atomic E-state index is 12.5. The van der Waals surface area contributed by atoms with E-state index in [-0.39, 0.29) is 32.3 Å². The zero-order valence-corrected chi connectivity index (χ0v) is 21.4. The number of H-pyrrole nitrogens is 3. The Bertz CT molecular complexity index is 2020. The standard InChI is InChI=1S/C27H18BN3O12/c32-13-7-1-4-10-16(13)19(35)22(38)29-25(10)41-28(42-26-11-5-2-8-14(33)17(11)20(36)23(39)30-26)43-27-12-6-3-9-15(34)18(12)21(37)24(40)31-27/h1-9,32-37H,(H,29,38)(H,30,39)(H,31,40). The third kappa shape index (κ3) is 4.38. The number of aromatic amines is 3. The molecule has 216 valence electrons. The van der Waals surface area contributed by atoms with Gasteiger partial charge in [-0.2, -0.15) is 0 Å². The van der Waals surface area contributed by atoms with E-state index in [1.807, 2.05) is 0 Å². The lowest BCUT2D eigenvalue weighted by atomic mass is 10.1. The third-order valence-corrected chi connectivity index (χ3v) is 6.54. The van der Waals surface area contributed by atoms with Crippen molar-refractivity contribution in [2.24, 2.45) is 0 Å². The van der Waals surface area contributed by atoms with Gasteiger partial charge in [0.1, 0.15) is 17.2 Å². The average molecular weight is 587 g/mol. The van der Waals surface area contributed by atoms with E-state index < -0.39 is 76.1 Å². The first kappa shape index (κ1) is 26.8. The van der Waals surface area contributed by atoms with Crippen molar-refractivity contribution in [3.05, 3.63) is 85.7 Å². The van der Waals surface area contributed by atoms with Crippen molar-refractivity contribution < 1.29 is 44.6 Å². The Labute approximate surface area is 237 Å². The summed E-state index contributed by atoms with van der Waals surface area (Å²) in [6.45, 7) is 0. The molecule has 0 unspecified atom stereocenters. The number of phenols is 3. The van der Waals surface area contributed by atoms with Crippen LogP contribution in [0.4, 0.5) is 0 Å². The highest BCUT2D eigenvalue weighted by atomic mass is 16.7. The summed E-state index contributed by atoms with van der Waals surface area (Å²) in [5.74, 6) is -5.03. The van der Waals surface area contributed by atoms with Gasteiger partial charge in [-0.3, -0.25) is 29.3 Å². The molecule has 0 radical (unpaired) electrons. The van der Waals surface area contributed by atoms with Crippen LogP contribution in [-0.4, -0.2) is 52.9 Å². The fourth-order valence-electron chi connectivity index (χ4n) is 4.60. The number of hydrogen-bond donors (Lipinski definition) is 9. The van der Waals surface area contributed by atoms with Gasteiger partial charge in [-0.25, -0.2) is 0 Å². The van der Waals surface area contributed by atoms with Gasteiger partial charge in [0, 0.05) is 16.2 Å². The maximum atomic E-state index is 12.5.